The van der Waals surface area contributed by atoms with Crippen LogP contribution >= 0.6 is 57.1 Å². The predicted octanol–water partition coefficient (Wildman–Crippen LogP) is 4.81. The van der Waals surface area contributed by atoms with Crippen molar-refractivity contribution < 1.29 is 0 Å². The monoisotopic (exact) mass is 328 g/mol. The van der Waals surface area contributed by atoms with Crippen molar-refractivity contribution >= 4 is 67.2 Å². The highest BCUT2D eigenvalue weighted by molar-refractivity contribution is 14.1. The molecule has 12 heavy (non-hydrogen) atoms. The SMILES string of the molecule is Clc1c(I)cc2sccc2c1Cl. The minimum atomic E-state index is 0.656. The summed E-state index contributed by atoms with van der Waals surface area (Å²) < 4.78 is 2.20. The van der Waals surface area contributed by atoms with E-state index in [1.165, 1.54) is 4.70 Å². The fourth-order valence-corrected chi connectivity index (χ4v) is 3.28. The normalized spacial score (nSPS) is 10.9. The molecule has 0 radical (unpaired) electrons. The van der Waals surface area contributed by atoms with Crippen molar-refractivity contribution in [3.63, 3.8) is 0 Å². The summed E-state index contributed by atoms with van der Waals surface area (Å²) in [5, 5.41) is 4.39. The standard InChI is InChI=1S/C8H3Cl2IS/c9-7-4-1-2-12-6(4)3-5(11)8(7)10/h1-3H. The van der Waals surface area contributed by atoms with Crippen molar-refractivity contribution in [2.24, 2.45) is 0 Å². The van der Waals surface area contributed by atoms with Crippen LogP contribution in [-0.2, 0) is 0 Å². The van der Waals surface area contributed by atoms with Gasteiger partial charge in [-0.1, -0.05) is 23.2 Å². The Bertz CT molecular complexity index is 436. The summed E-state index contributed by atoms with van der Waals surface area (Å²) in [5.74, 6) is 0. The van der Waals surface area contributed by atoms with Gasteiger partial charge in [-0.3, -0.25) is 0 Å². The maximum Gasteiger partial charge on any atom is 0.0732 e. The topological polar surface area (TPSA) is 0 Å². The van der Waals surface area contributed by atoms with Crippen molar-refractivity contribution in [2.75, 3.05) is 0 Å². The molecule has 0 saturated heterocycles. The van der Waals surface area contributed by atoms with Crippen LogP contribution in [0.2, 0.25) is 10.0 Å². The summed E-state index contributed by atoms with van der Waals surface area (Å²) in [6.07, 6.45) is 0. The highest BCUT2D eigenvalue weighted by atomic mass is 127. The van der Waals surface area contributed by atoms with Gasteiger partial charge in [-0.05, 0) is 40.1 Å². The Hall–Kier alpha value is 0.490. The summed E-state index contributed by atoms with van der Waals surface area (Å²) in [6, 6.07) is 4.04. The van der Waals surface area contributed by atoms with Gasteiger partial charge in [0.05, 0.1) is 10.0 Å². The van der Waals surface area contributed by atoms with Crippen molar-refractivity contribution in [3.8, 4) is 0 Å². The number of hydrogen-bond donors (Lipinski definition) is 0. The highest BCUT2D eigenvalue weighted by Crippen LogP contribution is 2.36. The van der Waals surface area contributed by atoms with Crippen LogP contribution < -0.4 is 0 Å². The third kappa shape index (κ3) is 1.35. The van der Waals surface area contributed by atoms with Gasteiger partial charge >= 0.3 is 0 Å². The Kier molecular flexibility index (Phi) is 2.51. The molecule has 1 aromatic heterocycles. The lowest BCUT2D eigenvalue weighted by molar-refractivity contribution is 1.75. The number of hydrogen-bond acceptors (Lipinski definition) is 1. The molecule has 0 atom stereocenters. The molecule has 2 rings (SSSR count). The minimum absolute atomic E-state index is 0.656. The van der Waals surface area contributed by atoms with E-state index < -0.39 is 0 Å². The van der Waals surface area contributed by atoms with E-state index in [-0.39, 0.29) is 0 Å². The van der Waals surface area contributed by atoms with Crippen molar-refractivity contribution in [2.45, 2.75) is 0 Å². The molecule has 0 spiro atoms. The summed E-state index contributed by atoms with van der Waals surface area (Å²) in [6.45, 7) is 0. The van der Waals surface area contributed by atoms with Crippen LogP contribution in [0.4, 0.5) is 0 Å². The molecule has 0 fully saturated rings. The number of halogens is 3. The summed E-state index contributed by atoms with van der Waals surface area (Å²) in [7, 11) is 0. The second-order valence-corrected chi connectivity index (χ2v) is 5.18. The molecule has 62 valence electrons. The second kappa shape index (κ2) is 3.33. The molecule has 0 saturated carbocycles. The van der Waals surface area contributed by atoms with Crippen molar-refractivity contribution in [3.05, 3.63) is 31.1 Å². The molecule has 0 aliphatic heterocycles. The van der Waals surface area contributed by atoms with Crippen LogP contribution in [0.25, 0.3) is 10.1 Å². The predicted molar refractivity (Wildman–Crippen MR) is 64.6 cm³/mol. The first-order chi connectivity index (χ1) is 5.70. The number of rotatable bonds is 0. The van der Waals surface area contributed by atoms with Crippen LogP contribution in [-0.4, -0.2) is 0 Å². The molecule has 0 nitrogen and oxygen atoms in total. The maximum absolute atomic E-state index is 6.04. The Balaban J connectivity index is 2.94. The Morgan fingerprint density at radius 3 is 2.75 bits per heavy atom. The minimum Gasteiger partial charge on any atom is -0.144 e. The number of thiophene rings is 1. The van der Waals surface area contributed by atoms with E-state index >= 15 is 0 Å². The molecule has 0 aliphatic carbocycles. The van der Waals surface area contributed by atoms with Crippen LogP contribution in [0.15, 0.2) is 17.5 Å². The smallest absolute Gasteiger partial charge is 0.0732 e. The molecule has 0 amide bonds. The lowest BCUT2D eigenvalue weighted by atomic mass is 10.3. The van der Waals surface area contributed by atoms with E-state index in [4.69, 9.17) is 23.2 Å². The van der Waals surface area contributed by atoms with Gasteiger partial charge in [0.1, 0.15) is 0 Å². The van der Waals surface area contributed by atoms with Crippen LogP contribution in [0.1, 0.15) is 0 Å². The van der Waals surface area contributed by atoms with E-state index in [1.807, 2.05) is 11.4 Å². The zero-order chi connectivity index (χ0) is 8.72. The molecule has 0 N–H and O–H groups in total. The van der Waals surface area contributed by atoms with E-state index in [9.17, 15) is 0 Å². The van der Waals surface area contributed by atoms with E-state index in [2.05, 4.69) is 28.7 Å². The molecular formula is C8H3Cl2IS. The summed E-state index contributed by atoms with van der Waals surface area (Å²) in [4.78, 5) is 0. The first-order valence-electron chi connectivity index (χ1n) is 3.21. The van der Waals surface area contributed by atoms with Gasteiger partial charge in [-0.2, -0.15) is 0 Å². The number of fused-ring (bicyclic) bond motifs is 1. The Labute approximate surface area is 97.6 Å². The molecule has 4 heteroatoms. The Morgan fingerprint density at radius 1 is 1.25 bits per heavy atom. The van der Waals surface area contributed by atoms with Gasteiger partial charge in [0.2, 0.25) is 0 Å². The van der Waals surface area contributed by atoms with E-state index in [0.717, 1.165) is 8.96 Å². The van der Waals surface area contributed by atoms with Crippen molar-refractivity contribution in [1.29, 1.82) is 0 Å². The van der Waals surface area contributed by atoms with Gasteiger partial charge in [0.15, 0.2) is 0 Å². The lowest BCUT2D eigenvalue weighted by Gasteiger charge is -1.99. The first-order valence-corrected chi connectivity index (χ1v) is 5.92. The van der Waals surface area contributed by atoms with Crippen LogP contribution in [0.5, 0.6) is 0 Å². The van der Waals surface area contributed by atoms with Crippen LogP contribution in [0.3, 0.4) is 0 Å². The summed E-state index contributed by atoms with van der Waals surface area (Å²) >= 11 is 15.9. The summed E-state index contributed by atoms with van der Waals surface area (Å²) in [5.41, 5.74) is 0. The van der Waals surface area contributed by atoms with E-state index in [1.54, 1.807) is 11.3 Å². The van der Waals surface area contributed by atoms with E-state index in [0.29, 0.717) is 10.0 Å². The third-order valence-corrected chi connectivity index (χ3v) is 4.51. The number of benzene rings is 1. The molecule has 0 bridgehead atoms. The molecule has 2 aromatic rings. The fourth-order valence-electron chi connectivity index (χ4n) is 1.02. The van der Waals surface area contributed by atoms with Gasteiger partial charge in [-0.25, -0.2) is 0 Å². The molecular weight excluding hydrogens is 326 g/mol. The Morgan fingerprint density at radius 2 is 2.00 bits per heavy atom. The zero-order valence-corrected chi connectivity index (χ0v) is 10.3. The third-order valence-electron chi connectivity index (χ3n) is 1.59. The molecule has 1 aromatic carbocycles. The lowest BCUT2D eigenvalue weighted by Crippen LogP contribution is -1.75. The highest BCUT2D eigenvalue weighted by Gasteiger charge is 2.08. The quantitative estimate of drug-likeness (QED) is 0.481. The molecule has 0 unspecified atom stereocenters. The molecule has 1 heterocycles. The van der Waals surface area contributed by atoms with Crippen molar-refractivity contribution in [1.82, 2.24) is 0 Å². The van der Waals surface area contributed by atoms with Gasteiger partial charge in [0, 0.05) is 13.7 Å². The van der Waals surface area contributed by atoms with Crippen LogP contribution in [0, 0.1) is 3.57 Å². The van der Waals surface area contributed by atoms with Gasteiger partial charge in [-0.15, -0.1) is 11.3 Å². The second-order valence-electron chi connectivity index (χ2n) is 2.32. The largest absolute Gasteiger partial charge is 0.144 e. The van der Waals surface area contributed by atoms with Gasteiger partial charge < -0.3 is 0 Å². The molecule has 0 aliphatic rings. The zero-order valence-electron chi connectivity index (χ0n) is 5.77. The average Bonchev–Trinajstić information content (AvgIpc) is 2.48. The maximum atomic E-state index is 6.04. The van der Waals surface area contributed by atoms with Gasteiger partial charge in [0.25, 0.3) is 0 Å². The first kappa shape index (κ1) is 9.06. The average molecular weight is 329 g/mol. The fraction of sp³-hybridized carbons (Fsp3) is 0.